The number of halogens is 1. The van der Waals surface area contributed by atoms with Crippen molar-refractivity contribution in [3.8, 4) is 0 Å². The Bertz CT molecular complexity index is 823. The maximum Gasteiger partial charge on any atom is 0.234 e. The number of furan rings is 1. The first-order valence-corrected chi connectivity index (χ1v) is 6.55. The summed E-state index contributed by atoms with van der Waals surface area (Å²) in [5.74, 6) is -3.28. The van der Waals surface area contributed by atoms with Gasteiger partial charge in [-0.05, 0) is 18.6 Å². The van der Waals surface area contributed by atoms with Gasteiger partial charge < -0.3 is 4.42 Å². The molecule has 6 nitrogen and oxygen atoms in total. The predicted molar refractivity (Wildman–Crippen MR) is 71.7 cm³/mol. The molecule has 0 radical (unpaired) electrons. The second kappa shape index (κ2) is 5.18. The Hall–Kier alpha value is -2.83. The molecule has 2 heterocycles. The number of hydrogen-bond donors (Lipinski definition) is 1. The molecule has 0 bridgehead atoms. The number of hydrogen-bond acceptors (Lipinski definition) is 5. The van der Waals surface area contributed by atoms with Crippen molar-refractivity contribution in [3.63, 3.8) is 0 Å². The molecule has 1 fully saturated rings. The summed E-state index contributed by atoms with van der Waals surface area (Å²) in [5.41, 5.74) is 0.266. The molecule has 1 unspecified atom stereocenters. The minimum atomic E-state index is -0.988. The third-order valence-electron chi connectivity index (χ3n) is 3.68. The first-order valence-electron chi connectivity index (χ1n) is 6.55. The molecule has 0 saturated carbocycles. The lowest BCUT2D eigenvalue weighted by atomic mass is 9.90. The highest BCUT2D eigenvalue weighted by Gasteiger charge is 2.31. The van der Waals surface area contributed by atoms with Gasteiger partial charge in [-0.3, -0.25) is 24.5 Å². The molecule has 1 saturated heterocycles. The van der Waals surface area contributed by atoms with Crippen molar-refractivity contribution < 1.29 is 28.0 Å². The molecule has 1 aromatic carbocycles. The van der Waals surface area contributed by atoms with Crippen LogP contribution in [0.1, 0.15) is 34.7 Å². The average Bonchev–Trinajstić information content (AvgIpc) is 2.88. The number of piperidine rings is 1. The number of carbonyl (C=O) groups excluding carboxylic acids is 4. The lowest BCUT2D eigenvalue weighted by Crippen LogP contribution is -2.39. The van der Waals surface area contributed by atoms with Gasteiger partial charge in [-0.15, -0.1) is 0 Å². The van der Waals surface area contributed by atoms with Crippen LogP contribution in [0.3, 0.4) is 0 Å². The Morgan fingerprint density at radius 1 is 1.36 bits per heavy atom. The molecule has 0 aliphatic carbocycles. The standard InChI is InChI=1S/C15H10FNO5/c16-11-3-8-10(7-1-2-14(20)17-15(7)21)6-22-13(8)4-9(11)12(19)5-18/h3-7H,1-2H2,(H,17,20,21). The van der Waals surface area contributed by atoms with Gasteiger partial charge in [-0.1, -0.05) is 0 Å². The molecule has 1 aliphatic rings. The van der Waals surface area contributed by atoms with Gasteiger partial charge in [0.1, 0.15) is 11.4 Å². The topological polar surface area (TPSA) is 93.4 Å². The molecular formula is C15H10FNO5. The number of imide groups is 1. The number of ketones is 1. The molecule has 2 aromatic rings. The Kier molecular flexibility index (Phi) is 3.32. The summed E-state index contributed by atoms with van der Waals surface area (Å²) in [6.07, 6.45) is 1.82. The highest BCUT2D eigenvalue weighted by atomic mass is 19.1. The van der Waals surface area contributed by atoms with Crippen LogP contribution in [-0.2, 0) is 14.4 Å². The SMILES string of the molecule is O=CC(=O)c1cc2occ(C3CCC(=O)NC3=O)c2cc1F. The van der Waals surface area contributed by atoms with Gasteiger partial charge in [0.05, 0.1) is 17.7 Å². The van der Waals surface area contributed by atoms with Crippen LogP contribution in [0.15, 0.2) is 22.8 Å². The molecule has 0 spiro atoms. The maximum atomic E-state index is 14.0. The summed E-state index contributed by atoms with van der Waals surface area (Å²) in [7, 11) is 0. The van der Waals surface area contributed by atoms with E-state index in [2.05, 4.69) is 5.32 Å². The minimum absolute atomic E-state index is 0.0221. The van der Waals surface area contributed by atoms with Crippen molar-refractivity contribution in [2.75, 3.05) is 0 Å². The third kappa shape index (κ3) is 2.20. The largest absolute Gasteiger partial charge is 0.464 e. The molecule has 112 valence electrons. The Morgan fingerprint density at radius 2 is 2.14 bits per heavy atom. The zero-order chi connectivity index (χ0) is 15.9. The fraction of sp³-hybridized carbons (Fsp3) is 0.200. The zero-order valence-electron chi connectivity index (χ0n) is 11.2. The molecule has 1 aromatic heterocycles. The van der Waals surface area contributed by atoms with E-state index >= 15 is 0 Å². The summed E-state index contributed by atoms with van der Waals surface area (Å²) in [5, 5.41) is 2.56. The molecule has 7 heteroatoms. The number of amides is 2. The number of rotatable bonds is 3. The molecule has 1 N–H and O–H groups in total. The van der Waals surface area contributed by atoms with E-state index in [1.54, 1.807) is 0 Å². The quantitative estimate of drug-likeness (QED) is 0.401. The van der Waals surface area contributed by atoms with E-state index in [0.717, 1.165) is 12.1 Å². The lowest BCUT2D eigenvalue weighted by Gasteiger charge is -2.19. The second-order valence-corrected chi connectivity index (χ2v) is 5.01. The lowest BCUT2D eigenvalue weighted by molar-refractivity contribution is -0.134. The van der Waals surface area contributed by atoms with Crippen molar-refractivity contribution in [2.24, 2.45) is 0 Å². The average molecular weight is 303 g/mol. The number of Topliss-reactive ketones (excluding diaryl/α,β-unsaturated/α-hetero) is 1. The number of carbonyl (C=O) groups is 4. The molecule has 22 heavy (non-hydrogen) atoms. The van der Waals surface area contributed by atoms with Gasteiger partial charge in [0.2, 0.25) is 17.6 Å². The van der Waals surface area contributed by atoms with Crippen LogP contribution in [0.5, 0.6) is 0 Å². The summed E-state index contributed by atoms with van der Waals surface area (Å²) < 4.78 is 19.2. The van der Waals surface area contributed by atoms with Crippen molar-refractivity contribution >= 4 is 34.9 Å². The van der Waals surface area contributed by atoms with E-state index in [4.69, 9.17) is 4.42 Å². The number of aldehydes is 1. The van der Waals surface area contributed by atoms with Crippen molar-refractivity contribution in [3.05, 3.63) is 35.3 Å². The summed E-state index contributed by atoms with van der Waals surface area (Å²) >= 11 is 0. The summed E-state index contributed by atoms with van der Waals surface area (Å²) in [6.45, 7) is 0. The van der Waals surface area contributed by atoms with Crippen molar-refractivity contribution in [1.29, 1.82) is 0 Å². The molecule has 1 aliphatic heterocycles. The van der Waals surface area contributed by atoms with Gasteiger partial charge in [0, 0.05) is 17.4 Å². The second-order valence-electron chi connectivity index (χ2n) is 5.01. The fourth-order valence-electron chi connectivity index (χ4n) is 2.58. The number of nitrogens with one attached hydrogen (secondary N) is 1. The third-order valence-corrected chi connectivity index (χ3v) is 3.68. The first kappa shape index (κ1) is 14.1. The summed E-state index contributed by atoms with van der Waals surface area (Å²) in [4.78, 5) is 44.9. The van der Waals surface area contributed by atoms with E-state index in [1.165, 1.54) is 6.26 Å². The Morgan fingerprint density at radius 3 is 2.82 bits per heavy atom. The summed E-state index contributed by atoms with van der Waals surface area (Å²) in [6, 6.07) is 2.20. The van der Waals surface area contributed by atoms with Crippen molar-refractivity contribution in [1.82, 2.24) is 5.32 Å². The van der Waals surface area contributed by atoms with Crippen LogP contribution in [0.2, 0.25) is 0 Å². The van der Waals surface area contributed by atoms with Crippen LogP contribution >= 0.6 is 0 Å². The van der Waals surface area contributed by atoms with Crippen LogP contribution in [0.25, 0.3) is 11.0 Å². The van der Waals surface area contributed by atoms with Crippen molar-refractivity contribution in [2.45, 2.75) is 18.8 Å². The maximum absolute atomic E-state index is 14.0. The van der Waals surface area contributed by atoms with Crippen LogP contribution in [0, 0.1) is 5.82 Å². The predicted octanol–water partition coefficient (Wildman–Crippen LogP) is 1.47. The van der Waals surface area contributed by atoms with Crippen LogP contribution < -0.4 is 5.32 Å². The van der Waals surface area contributed by atoms with Gasteiger partial charge in [-0.25, -0.2) is 4.39 Å². The van der Waals surface area contributed by atoms with E-state index in [-0.39, 0.29) is 29.8 Å². The monoisotopic (exact) mass is 303 g/mol. The molecular weight excluding hydrogens is 293 g/mol. The van der Waals surface area contributed by atoms with Crippen LogP contribution in [-0.4, -0.2) is 23.9 Å². The zero-order valence-corrected chi connectivity index (χ0v) is 11.2. The molecule has 3 rings (SSSR count). The first-order chi connectivity index (χ1) is 10.5. The van der Waals surface area contributed by atoms with E-state index in [0.29, 0.717) is 17.4 Å². The van der Waals surface area contributed by atoms with E-state index in [1.807, 2.05) is 0 Å². The van der Waals surface area contributed by atoms with Gasteiger partial charge in [0.25, 0.3) is 0 Å². The Labute approximate surface area is 123 Å². The fourth-order valence-corrected chi connectivity index (χ4v) is 2.58. The highest BCUT2D eigenvalue weighted by Crippen LogP contribution is 2.33. The van der Waals surface area contributed by atoms with Gasteiger partial charge in [-0.2, -0.15) is 0 Å². The minimum Gasteiger partial charge on any atom is -0.464 e. The number of fused-ring (bicyclic) bond motifs is 1. The smallest absolute Gasteiger partial charge is 0.234 e. The normalized spacial score (nSPS) is 18.3. The van der Waals surface area contributed by atoms with Crippen LogP contribution in [0.4, 0.5) is 4.39 Å². The van der Waals surface area contributed by atoms with E-state index < -0.39 is 23.4 Å². The van der Waals surface area contributed by atoms with Gasteiger partial charge >= 0.3 is 0 Å². The molecule has 1 atom stereocenters. The van der Waals surface area contributed by atoms with E-state index in [9.17, 15) is 23.6 Å². The number of benzene rings is 1. The highest BCUT2D eigenvalue weighted by molar-refractivity contribution is 6.33. The van der Waals surface area contributed by atoms with Gasteiger partial charge in [0.15, 0.2) is 6.29 Å². The Balaban J connectivity index is 2.07. The molecule has 2 amide bonds.